The van der Waals surface area contributed by atoms with Crippen LogP contribution >= 0.6 is 0 Å². The fraction of sp³-hybridized carbons (Fsp3) is 0.643. The molecule has 1 atom stereocenters. The Kier molecular flexibility index (Phi) is 3.77. The summed E-state index contributed by atoms with van der Waals surface area (Å²) in [6.45, 7) is 6.28. The number of aryl methyl sites for hydroxylation is 1. The summed E-state index contributed by atoms with van der Waals surface area (Å²) in [4.78, 5) is 14.1. The highest BCUT2D eigenvalue weighted by Gasteiger charge is 2.23. The van der Waals surface area contributed by atoms with Crippen LogP contribution in [0.1, 0.15) is 12.7 Å². The van der Waals surface area contributed by atoms with Crippen molar-refractivity contribution in [3.63, 3.8) is 0 Å². The lowest BCUT2D eigenvalue weighted by molar-refractivity contribution is 0.0916. The molecule has 2 aromatic rings. The van der Waals surface area contributed by atoms with Crippen LogP contribution in [0, 0.1) is 0 Å². The van der Waals surface area contributed by atoms with Gasteiger partial charge in [-0.1, -0.05) is 0 Å². The Morgan fingerprint density at radius 1 is 1.29 bits per heavy atom. The lowest BCUT2D eigenvalue weighted by Gasteiger charge is -2.37. The van der Waals surface area contributed by atoms with Gasteiger partial charge in [0, 0.05) is 39.8 Å². The summed E-state index contributed by atoms with van der Waals surface area (Å²) in [7, 11) is 5.97. The predicted octanol–water partition coefficient (Wildman–Crippen LogP) is 0.541. The number of fused-ring (bicyclic) bond motifs is 1. The minimum atomic E-state index is 0.521. The summed E-state index contributed by atoms with van der Waals surface area (Å²) < 4.78 is 1.80. The highest BCUT2D eigenvalue weighted by molar-refractivity contribution is 5.86. The molecule has 7 heteroatoms. The standard InChI is InChI=1S/C14H23N7/c1-10-8-19(3)5-6-21(10)9-12-17-13(15-2)11-7-16-20(4)14(11)18-12/h7,10H,5-6,8-9H2,1-4H3,(H,15,17,18). The molecule has 1 aliphatic heterocycles. The predicted molar refractivity (Wildman–Crippen MR) is 83.2 cm³/mol. The topological polar surface area (TPSA) is 62.1 Å². The molecule has 114 valence electrons. The van der Waals surface area contributed by atoms with Gasteiger partial charge in [-0.15, -0.1) is 0 Å². The Morgan fingerprint density at radius 3 is 2.81 bits per heavy atom. The van der Waals surface area contributed by atoms with Crippen molar-refractivity contribution in [2.24, 2.45) is 7.05 Å². The number of rotatable bonds is 3. The molecule has 3 rings (SSSR count). The van der Waals surface area contributed by atoms with Gasteiger partial charge in [0.15, 0.2) is 5.65 Å². The lowest BCUT2D eigenvalue weighted by atomic mass is 10.2. The zero-order valence-electron chi connectivity index (χ0n) is 13.2. The number of hydrogen-bond acceptors (Lipinski definition) is 6. The molecule has 1 unspecified atom stereocenters. The molecule has 1 saturated heterocycles. The van der Waals surface area contributed by atoms with Crippen LogP contribution < -0.4 is 5.32 Å². The van der Waals surface area contributed by atoms with Crippen LogP contribution in [-0.2, 0) is 13.6 Å². The number of aromatic nitrogens is 4. The van der Waals surface area contributed by atoms with Crippen molar-refractivity contribution in [2.75, 3.05) is 39.0 Å². The first kappa shape index (κ1) is 14.2. The van der Waals surface area contributed by atoms with Gasteiger partial charge < -0.3 is 10.2 Å². The Balaban J connectivity index is 1.88. The van der Waals surface area contributed by atoms with Crippen molar-refractivity contribution in [1.29, 1.82) is 0 Å². The Hall–Kier alpha value is -1.73. The number of anilines is 1. The minimum absolute atomic E-state index is 0.521. The van der Waals surface area contributed by atoms with Gasteiger partial charge >= 0.3 is 0 Å². The van der Waals surface area contributed by atoms with Crippen molar-refractivity contribution in [1.82, 2.24) is 29.5 Å². The zero-order chi connectivity index (χ0) is 15.0. The van der Waals surface area contributed by atoms with E-state index in [-0.39, 0.29) is 0 Å². The summed E-state index contributed by atoms with van der Waals surface area (Å²) in [5, 5.41) is 8.39. The first-order valence-electron chi connectivity index (χ1n) is 7.37. The van der Waals surface area contributed by atoms with Crippen LogP contribution in [0.3, 0.4) is 0 Å². The van der Waals surface area contributed by atoms with Gasteiger partial charge in [-0.3, -0.25) is 9.58 Å². The van der Waals surface area contributed by atoms with E-state index in [0.717, 1.165) is 48.9 Å². The number of likely N-dealkylation sites (N-methyl/N-ethyl adjacent to an activating group) is 1. The smallest absolute Gasteiger partial charge is 0.163 e. The molecule has 0 spiro atoms. The third kappa shape index (κ3) is 2.71. The van der Waals surface area contributed by atoms with Gasteiger partial charge in [0.25, 0.3) is 0 Å². The Labute approximate surface area is 125 Å². The molecule has 0 amide bonds. The average Bonchev–Trinajstić information content (AvgIpc) is 2.83. The van der Waals surface area contributed by atoms with Crippen molar-refractivity contribution < 1.29 is 0 Å². The van der Waals surface area contributed by atoms with E-state index in [9.17, 15) is 0 Å². The van der Waals surface area contributed by atoms with E-state index in [0.29, 0.717) is 6.04 Å². The maximum atomic E-state index is 4.69. The average molecular weight is 289 g/mol. The Morgan fingerprint density at radius 2 is 2.10 bits per heavy atom. The van der Waals surface area contributed by atoms with Crippen LogP contribution in [0.5, 0.6) is 0 Å². The fourth-order valence-corrected chi connectivity index (χ4v) is 2.92. The van der Waals surface area contributed by atoms with Crippen LogP contribution in [0.15, 0.2) is 6.20 Å². The van der Waals surface area contributed by atoms with E-state index >= 15 is 0 Å². The molecule has 0 aromatic carbocycles. The summed E-state index contributed by atoms with van der Waals surface area (Å²) >= 11 is 0. The maximum absolute atomic E-state index is 4.69. The van der Waals surface area contributed by atoms with Crippen LogP contribution in [0.2, 0.25) is 0 Å². The summed E-state index contributed by atoms with van der Waals surface area (Å²) in [6.07, 6.45) is 1.81. The van der Waals surface area contributed by atoms with Crippen molar-refractivity contribution in [2.45, 2.75) is 19.5 Å². The van der Waals surface area contributed by atoms with Crippen molar-refractivity contribution in [3.05, 3.63) is 12.0 Å². The minimum Gasteiger partial charge on any atom is -0.372 e. The molecule has 1 fully saturated rings. The molecule has 0 saturated carbocycles. The monoisotopic (exact) mass is 289 g/mol. The molecule has 7 nitrogen and oxygen atoms in total. The van der Waals surface area contributed by atoms with Crippen molar-refractivity contribution >= 4 is 16.9 Å². The molecular weight excluding hydrogens is 266 g/mol. The highest BCUT2D eigenvalue weighted by Crippen LogP contribution is 2.20. The first-order valence-corrected chi connectivity index (χ1v) is 7.37. The fourth-order valence-electron chi connectivity index (χ4n) is 2.92. The summed E-state index contributed by atoms with van der Waals surface area (Å²) in [6, 6.07) is 0.521. The molecule has 3 heterocycles. The summed E-state index contributed by atoms with van der Waals surface area (Å²) in [5.41, 5.74) is 0.881. The van der Waals surface area contributed by atoms with Crippen LogP contribution in [0.4, 0.5) is 5.82 Å². The van der Waals surface area contributed by atoms with E-state index in [2.05, 4.69) is 44.2 Å². The zero-order valence-corrected chi connectivity index (χ0v) is 13.2. The maximum Gasteiger partial charge on any atom is 0.163 e. The second kappa shape index (κ2) is 5.57. The number of nitrogens with one attached hydrogen (secondary N) is 1. The number of hydrogen-bond donors (Lipinski definition) is 1. The van der Waals surface area contributed by atoms with E-state index in [1.807, 2.05) is 20.3 Å². The molecule has 0 radical (unpaired) electrons. The quantitative estimate of drug-likeness (QED) is 0.890. The van der Waals surface area contributed by atoms with E-state index in [1.165, 1.54) is 0 Å². The first-order chi connectivity index (χ1) is 10.1. The lowest BCUT2D eigenvalue weighted by Crippen LogP contribution is -2.50. The third-order valence-corrected chi connectivity index (χ3v) is 4.19. The van der Waals surface area contributed by atoms with Gasteiger partial charge in [-0.25, -0.2) is 9.97 Å². The normalized spacial score (nSPS) is 21.0. The van der Waals surface area contributed by atoms with Gasteiger partial charge in [-0.05, 0) is 14.0 Å². The van der Waals surface area contributed by atoms with Gasteiger partial charge in [0.2, 0.25) is 0 Å². The van der Waals surface area contributed by atoms with Crippen LogP contribution in [0.25, 0.3) is 11.0 Å². The second-order valence-electron chi connectivity index (χ2n) is 5.83. The van der Waals surface area contributed by atoms with E-state index in [4.69, 9.17) is 0 Å². The number of nitrogens with zero attached hydrogens (tertiary/aromatic N) is 6. The van der Waals surface area contributed by atoms with Crippen molar-refractivity contribution in [3.8, 4) is 0 Å². The SMILES string of the molecule is CNc1nc(CN2CCN(C)CC2C)nc2c1cnn2C. The largest absolute Gasteiger partial charge is 0.372 e. The molecular formula is C14H23N7. The molecule has 0 bridgehead atoms. The van der Waals surface area contributed by atoms with Gasteiger partial charge in [0.05, 0.1) is 18.1 Å². The molecule has 1 aliphatic rings. The summed E-state index contributed by atoms with van der Waals surface area (Å²) in [5.74, 6) is 1.71. The highest BCUT2D eigenvalue weighted by atomic mass is 15.3. The molecule has 2 aromatic heterocycles. The van der Waals surface area contributed by atoms with Crippen LogP contribution in [-0.4, -0.2) is 69.3 Å². The van der Waals surface area contributed by atoms with Gasteiger partial charge in [-0.2, -0.15) is 5.10 Å². The van der Waals surface area contributed by atoms with E-state index in [1.54, 1.807) is 4.68 Å². The molecule has 21 heavy (non-hydrogen) atoms. The number of piperazine rings is 1. The van der Waals surface area contributed by atoms with E-state index < -0.39 is 0 Å². The Bertz CT molecular complexity index is 636. The second-order valence-corrected chi connectivity index (χ2v) is 5.83. The molecule has 1 N–H and O–H groups in total. The third-order valence-electron chi connectivity index (χ3n) is 4.19. The van der Waals surface area contributed by atoms with Gasteiger partial charge in [0.1, 0.15) is 11.6 Å². The molecule has 0 aliphatic carbocycles.